The van der Waals surface area contributed by atoms with Gasteiger partial charge in [-0.05, 0) is 80.7 Å². The van der Waals surface area contributed by atoms with Crippen LogP contribution in [0.25, 0.3) is 0 Å². The second-order valence-corrected chi connectivity index (χ2v) is 13.7. The zero-order valence-corrected chi connectivity index (χ0v) is 26.9. The molecule has 2 N–H and O–H groups in total. The standard InChI is InChI=1S/C36H46F3N5O3/c37-36(38,39)29-9-6-7-25(22-29)21-28(34(46)43-17-12-26(13-18-43)31-10-2-1-5-16-40-31)23-33(45)42-19-14-30(15-20-42)44-24-27-8-3-4-11-32(27)41-35(44)47/h3-4,6-9,11,22,26,28,30-31,40H,1-2,5,10,12-21,23-24H2,(H,41,47). The summed E-state index contributed by atoms with van der Waals surface area (Å²) in [4.78, 5) is 46.0. The Morgan fingerprint density at radius 1 is 0.872 bits per heavy atom. The maximum atomic E-state index is 14.0. The van der Waals surface area contributed by atoms with Crippen molar-refractivity contribution in [2.45, 2.75) is 89.0 Å². The molecule has 4 heterocycles. The van der Waals surface area contributed by atoms with Crippen LogP contribution in [0.2, 0.25) is 0 Å². The van der Waals surface area contributed by atoms with Gasteiger partial charge in [0.1, 0.15) is 0 Å². The summed E-state index contributed by atoms with van der Waals surface area (Å²) >= 11 is 0. The summed E-state index contributed by atoms with van der Waals surface area (Å²) in [6.07, 6.45) is 3.34. The number of para-hydroxylation sites is 1. The molecule has 0 spiro atoms. The molecule has 2 unspecified atom stereocenters. The topological polar surface area (TPSA) is 85.0 Å². The van der Waals surface area contributed by atoms with Crippen molar-refractivity contribution < 1.29 is 27.6 Å². The minimum atomic E-state index is -4.49. The molecule has 3 fully saturated rings. The Balaban J connectivity index is 1.10. The highest BCUT2D eigenvalue weighted by Gasteiger charge is 2.37. The van der Waals surface area contributed by atoms with Crippen molar-refractivity contribution in [3.8, 4) is 0 Å². The Morgan fingerprint density at radius 2 is 1.62 bits per heavy atom. The number of benzene rings is 2. The highest BCUT2D eigenvalue weighted by Crippen LogP contribution is 2.32. The van der Waals surface area contributed by atoms with E-state index in [9.17, 15) is 27.6 Å². The zero-order chi connectivity index (χ0) is 33.0. The number of halogens is 3. The van der Waals surface area contributed by atoms with E-state index in [4.69, 9.17) is 0 Å². The number of hydrogen-bond donors (Lipinski definition) is 2. The third-order valence-corrected chi connectivity index (χ3v) is 10.6. The van der Waals surface area contributed by atoms with Crippen LogP contribution in [0.15, 0.2) is 48.5 Å². The van der Waals surface area contributed by atoms with E-state index in [1.165, 1.54) is 25.3 Å². The van der Waals surface area contributed by atoms with Crippen molar-refractivity contribution in [1.29, 1.82) is 0 Å². The predicted molar refractivity (Wildman–Crippen MR) is 173 cm³/mol. The Labute approximate surface area is 275 Å². The highest BCUT2D eigenvalue weighted by atomic mass is 19.4. The molecular formula is C36H46F3N5O3. The first kappa shape index (κ1) is 33.3. The SMILES string of the molecule is O=C(CC(Cc1cccc(C(F)(F)F)c1)C(=O)N1CCC(C2CCCCCN2)CC1)N1CCC(N2Cc3ccccc3NC2=O)CC1. The Hall–Kier alpha value is -3.60. The van der Waals surface area contributed by atoms with Crippen molar-refractivity contribution in [1.82, 2.24) is 20.0 Å². The molecule has 2 atom stereocenters. The largest absolute Gasteiger partial charge is 0.416 e. The molecule has 0 saturated carbocycles. The molecule has 0 radical (unpaired) electrons. The van der Waals surface area contributed by atoms with Crippen LogP contribution in [0.3, 0.4) is 0 Å². The molecule has 2 aromatic rings. The van der Waals surface area contributed by atoms with Gasteiger partial charge in [0, 0.05) is 56.9 Å². The minimum absolute atomic E-state index is 0.0146. The summed E-state index contributed by atoms with van der Waals surface area (Å²) < 4.78 is 40.6. The maximum absolute atomic E-state index is 14.0. The number of piperidine rings is 2. The van der Waals surface area contributed by atoms with E-state index in [0.717, 1.165) is 49.2 Å². The molecular weight excluding hydrogens is 607 g/mol. The molecule has 0 bridgehead atoms. The molecule has 254 valence electrons. The number of carbonyl (C=O) groups is 3. The van der Waals surface area contributed by atoms with Crippen LogP contribution < -0.4 is 10.6 Å². The lowest BCUT2D eigenvalue weighted by atomic mass is 9.86. The van der Waals surface area contributed by atoms with E-state index >= 15 is 0 Å². The van der Waals surface area contributed by atoms with Gasteiger partial charge in [0.05, 0.1) is 11.5 Å². The number of nitrogens with one attached hydrogen (secondary N) is 2. The quantitative estimate of drug-likeness (QED) is 0.381. The van der Waals surface area contributed by atoms with Gasteiger partial charge in [-0.2, -0.15) is 13.2 Å². The Kier molecular flexibility index (Phi) is 10.4. The number of carbonyl (C=O) groups excluding carboxylic acids is 3. The lowest BCUT2D eigenvalue weighted by molar-refractivity contribution is -0.143. The predicted octanol–water partition coefficient (Wildman–Crippen LogP) is 6.06. The summed E-state index contributed by atoms with van der Waals surface area (Å²) in [6.45, 7) is 3.66. The fraction of sp³-hybridized carbons (Fsp3) is 0.583. The summed E-state index contributed by atoms with van der Waals surface area (Å²) in [5.74, 6) is -0.570. The zero-order valence-electron chi connectivity index (χ0n) is 26.9. The third kappa shape index (κ3) is 8.11. The second-order valence-electron chi connectivity index (χ2n) is 13.7. The average Bonchev–Trinajstić information content (AvgIpc) is 3.37. The molecule has 4 aliphatic heterocycles. The van der Waals surface area contributed by atoms with Crippen molar-refractivity contribution in [2.75, 3.05) is 38.0 Å². The van der Waals surface area contributed by atoms with E-state index in [2.05, 4.69) is 10.6 Å². The molecule has 47 heavy (non-hydrogen) atoms. The number of urea groups is 1. The first-order valence-electron chi connectivity index (χ1n) is 17.3. The van der Waals surface area contributed by atoms with Crippen LogP contribution in [0.1, 0.15) is 74.5 Å². The molecule has 8 nitrogen and oxygen atoms in total. The number of rotatable bonds is 7. The smallest absolute Gasteiger partial charge is 0.343 e. The molecule has 4 amide bonds. The van der Waals surface area contributed by atoms with E-state index < -0.39 is 17.7 Å². The van der Waals surface area contributed by atoms with Crippen LogP contribution in [0.4, 0.5) is 23.7 Å². The maximum Gasteiger partial charge on any atom is 0.416 e. The van der Waals surface area contributed by atoms with E-state index in [1.807, 2.05) is 34.1 Å². The van der Waals surface area contributed by atoms with Crippen LogP contribution in [0, 0.1) is 11.8 Å². The summed E-state index contributed by atoms with van der Waals surface area (Å²) in [7, 11) is 0. The number of anilines is 1. The number of fused-ring (bicyclic) bond motifs is 1. The fourth-order valence-corrected chi connectivity index (χ4v) is 7.93. The monoisotopic (exact) mass is 653 g/mol. The van der Waals surface area contributed by atoms with Crippen molar-refractivity contribution in [3.63, 3.8) is 0 Å². The highest BCUT2D eigenvalue weighted by molar-refractivity contribution is 5.92. The van der Waals surface area contributed by atoms with Crippen LogP contribution in [0.5, 0.6) is 0 Å². The number of alkyl halides is 3. The van der Waals surface area contributed by atoms with E-state index in [-0.39, 0.29) is 36.7 Å². The van der Waals surface area contributed by atoms with Crippen molar-refractivity contribution in [2.24, 2.45) is 11.8 Å². The van der Waals surface area contributed by atoms with Crippen molar-refractivity contribution in [3.05, 3.63) is 65.2 Å². The molecule has 0 aromatic heterocycles. The first-order valence-corrected chi connectivity index (χ1v) is 17.3. The number of hydrogen-bond acceptors (Lipinski definition) is 4. The fourth-order valence-electron chi connectivity index (χ4n) is 7.93. The number of nitrogens with zero attached hydrogens (tertiary/aromatic N) is 3. The second kappa shape index (κ2) is 14.7. The normalized spacial score (nSPS) is 22.3. The van der Waals surface area contributed by atoms with Gasteiger partial charge in [-0.3, -0.25) is 9.59 Å². The minimum Gasteiger partial charge on any atom is -0.343 e. The van der Waals surface area contributed by atoms with Gasteiger partial charge in [-0.25, -0.2) is 4.79 Å². The molecule has 0 aliphatic carbocycles. The summed E-state index contributed by atoms with van der Waals surface area (Å²) in [6, 6.07) is 13.1. The Morgan fingerprint density at radius 3 is 2.38 bits per heavy atom. The molecule has 4 aliphatic rings. The Bertz CT molecular complexity index is 1410. The van der Waals surface area contributed by atoms with Crippen LogP contribution in [-0.4, -0.2) is 77.4 Å². The van der Waals surface area contributed by atoms with Gasteiger partial charge in [-0.15, -0.1) is 0 Å². The molecule has 2 aromatic carbocycles. The third-order valence-electron chi connectivity index (χ3n) is 10.6. The summed E-state index contributed by atoms with van der Waals surface area (Å²) in [5, 5.41) is 6.65. The van der Waals surface area contributed by atoms with Gasteiger partial charge >= 0.3 is 12.2 Å². The van der Waals surface area contributed by atoms with Crippen LogP contribution >= 0.6 is 0 Å². The number of likely N-dealkylation sites (tertiary alicyclic amines) is 2. The van der Waals surface area contributed by atoms with Gasteiger partial charge in [0.2, 0.25) is 11.8 Å². The van der Waals surface area contributed by atoms with Crippen molar-refractivity contribution >= 4 is 23.5 Å². The summed E-state index contributed by atoms with van der Waals surface area (Å²) in [5.41, 5.74) is 1.52. The first-order chi connectivity index (χ1) is 22.7. The van der Waals surface area contributed by atoms with Gasteiger partial charge in [0.25, 0.3) is 0 Å². The van der Waals surface area contributed by atoms with Gasteiger partial charge in [0.15, 0.2) is 0 Å². The van der Waals surface area contributed by atoms with E-state index in [1.54, 1.807) is 11.0 Å². The molecule has 11 heteroatoms. The average molecular weight is 654 g/mol. The molecule has 6 rings (SSSR count). The van der Waals surface area contributed by atoms with Gasteiger partial charge in [-0.1, -0.05) is 49.2 Å². The van der Waals surface area contributed by atoms with Gasteiger partial charge < -0.3 is 25.3 Å². The number of amides is 4. The van der Waals surface area contributed by atoms with Crippen LogP contribution in [-0.2, 0) is 28.7 Å². The molecule has 3 saturated heterocycles. The van der Waals surface area contributed by atoms with E-state index in [0.29, 0.717) is 63.1 Å². The lowest BCUT2D eigenvalue weighted by Crippen LogP contribution is -2.51. The lowest BCUT2D eigenvalue weighted by Gasteiger charge is -2.41.